The van der Waals surface area contributed by atoms with E-state index in [2.05, 4.69) is 5.32 Å². The molecule has 1 aliphatic rings. The highest BCUT2D eigenvalue weighted by atomic mass is 16.6. The SMILES string of the molecule is CN(C)C(=O)OC[C@H]1C[C@@H](NC(N)=O)C1. The van der Waals surface area contributed by atoms with Gasteiger partial charge in [-0.3, -0.25) is 0 Å². The number of rotatable bonds is 3. The summed E-state index contributed by atoms with van der Waals surface area (Å²) in [6, 6.07) is -0.353. The van der Waals surface area contributed by atoms with E-state index >= 15 is 0 Å². The molecule has 0 unspecified atom stereocenters. The monoisotopic (exact) mass is 215 g/mol. The highest BCUT2D eigenvalue weighted by molar-refractivity contribution is 5.72. The van der Waals surface area contributed by atoms with E-state index in [1.807, 2.05) is 0 Å². The van der Waals surface area contributed by atoms with Crippen molar-refractivity contribution in [2.75, 3.05) is 20.7 Å². The smallest absolute Gasteiger partial charge is 0.409 e. The number of nitrogens with one attached hydrogen (secondary N) is 1. The van der Waals surface area contributed by atoms with Crippen LogP contribution in [0.4, 0.5) is 9.59 Å². The average Bonchev–Trinajstić information content (AvgIpc) is 2.07. The van der Waals surface area contributed by atoms with E-state index in [0.29, 0.717) is 12.5 Å². The number of primary amides is 1. The predicted octanol–water partition coefficient (Wildman–Crippen LogP) is 0.131. The Labute approximate surface area is 88.7 Å². The number of urea groups is 1. The molecule has 6 heteroatoms. The Bertz CT molecular complexity index is 249. The molecule has 0 heterocycles. The molecule has 0 aromatic rings. The number of carbonyl (C=O) groups excluding carboxylic acids is 2. The van der Waals surface area contributed by atoms with E-state index in [0.717, 1.165) is 12.8 Å². The number of ether oxygens (including phenoxy) is 1. The van der Waals surface area contributed by atoms with Gasteiger partial charge in [0.25, 0.3) is 0 Å². The van der Waals surface area contributed by atoms with Crippen molar-refractivity contribution in [2.24, 2.45) is 11.7 Å². The fourth-order valence-corrected chi connectivity index (χ4v) is 1.51. The first-order chi connectivity index (χ1) is 6.99. The fraction of sp³-hybridized carbons (Fsp3) is 0.778. The summed E-state index contributed by atoms with van der Waals surface area (Å²) in [6.45, 7) is 0.411. The summed E-state index contributed by atoms with van der Waals surface area (Å²) in [4.78, 5) is 22.9. The van der Waals surface area contributed by atoms with Crippen LogP contribution < -0.4 is 11.1 Å². The molecule has 3 amide bonds. The van der Waals surface area contributed by atoms with Crippen molar-refractivity contribution in [3.05, 3.63) is 0 Å². The quantitative estimate of drug-likeness (QED) is 0.701. The minimum Gasteiger partial charge on any atom is -0.449 e. The number of hydrogen-bond donors (Lipinski definition) is 2. The highest BCUT2D eigenvalue weighted by Crippen LogP contribution is 2.27. The van der Waals surface area contributed by atoms with Crippen LogP contribution in [0.3, 0.4) is 0 Å². The zero-order valence-electron chi connectivity index (χ0n) is 9.03. The third-order valence-corrected chi connectivity index (χ3v) is 2.39. The van der Waals surface area contributed by atoms with Gasteiger partial charge in [-0.2, -0.15) is 0 Å². The predicted molar refractivity (Wildman–Crippen MR) is 54.3 cm³/mol. The number of amides is 3. The maximum absolute atomic E-state index is 11.1. The minimum atomic E-state index is -0.497. The van der Waals surface area contributed by atoms with Gasteiger partial charge in [0, 0.05) is 20.1 Å². The zero-order chi connectivity index (χ0) is 11.4. The second-order valence-electron chi connectivity index (χ2n) is 4.01. The zero-order valence-corrected chi connectivity index (χ0v) is 9.03. The lowest BCUT2D eigenvalue weighted by Gasteiger charge is -2.34. The van der Waals surface area contributed by atoms with Gasteiger partial charge in [-0.05, 0) is 18.8 Å². The van der Waals surface area contributed by atoms with Gasteiger partial charge in [0.2, 0.25) is 0 Å². The van der Waals surface area contributed by atoms with E-state index < -0.39 is 6.03 Å². The van der Waals surface area contributed by atoms with Gasteiger partial charge < -0.3 is 20.7 Å². The van der Waals surface area contributed by atoms with E-state index in [4.69, 9.17) is 10.5 Å². The van der Waals surface area contributed by atoms with Gasteiger partial charge in [-0.15, -0.1) is 0 Å². The third-order valence-electron chi connectivity index (χ3n) is 2.39. The first kappa shape index (κ1) is 11.6. The lowest BCUT2D eigenvalue weighted by molar-refractivity contribution is 0.0726. The number of nitrogens with zero attached hydrogens (tertiary/aromatic N) is 1. The maximum atomic E-state index is 11.1. The molecular formula is C9H17N3O3. The first-order valence-electron chi connectivity index (χ1n) is 4.89. The summed E-state index contributed by atoms with van der Waals surface area (Å²) >= 11 is 0. The second-order valence-corrected chi connectivity index (χ2v) is 4.01. The second kappa shape index (κ2) is 4.86. The molecule has 0 aliphatic heterocycles. The lowest BCUT2D eigenvalue weighted by Crippen LogP contribution is -2.47. The van der Waals surface area contributed by atoms with Crippen LogP contribution in [0.2, 0.25) is 0 Å². The number of nitrogens with two attached hydrogens (primary N) is 1. The normalized spacial score (nSPS) is 23.9. The van der Waals surface area contributed by atoms with Gasteiger partial charge in [-0.1, -0.05) is 0 Å². The summed E-state index contributed by atoms with van der Waals surface area (Å²) < 4.78 is 5.00. The van der Waals surface area contributed by atoms with Crippen molar-refractivity contribution in [1.82, 2.24) is 10.2 Å². The van der Waals surface area contributed by atoms with Gasteiger partial charge in [0.15, 0.2) is 0 Å². The number of carbonyl (C=O) groups is 2. The molecule has 0 atom stereocenters. The largest absolute Gasteiger partial charge is 0.449 e. The van der Waals surface area contributed by atoms with Gasteiger partial charge in [0.05, 0.1) is 6.61 Å². The summed E-state index contributed by atoms with van der Waals surface area (Å²) in [6.07, 6.45) is 1.31. The Morgan fingerprint density at radius 2 is 2.07 bits per heavy atom. The standard InChI is InChI=1S/C9H17N3O3/c1-12(2)9(14)15-5-6-3-7(4-6)11-8(10)13/h6-7H,3-5H2,1-2H3,(H3,10,11,13)/t6-,7+. The first-order valence-corrected chi connectivity index (χ1v) is 4.89. The van der Waals surface area contributed by atoms with Crippen molar-refractivity contribution >= 4 is 12.1 Å². The Balaban J connectivity index is 2.08. The van der Waals surface area contributed by atoms with Crippen LogP contribution in [0.5, 0.6) is 0 Å². The van der Waals surface area contributed by atoms with Crippen LogP contribution in [0.1, 0.15) is 12.8 Å². The molecule has 1 saturated carbocycles. The van der Waals surface area contributed by atoms with Crippen LogP contribution >= 0.6 is 0 Å². The molecule has 86 valence electrons. The van der Waals surface area contributed by atoms with Gasteiger partial charge in [-0.25, -0.2) is 9.59 Å². The number of hydrogen-bond acceptors (Lipinski definition) is 3. The van der Waals surface area contributed by atoms with Gasteiger partial charge >= 0.3 is 12.1 Å². The van der Waals surface area contributed by atoms with Crippen LogP contribution in [-0.2, 0) is 4.74 Å². The summed E-state index contributed by atoms with van der Waals surface area (Å²) in [7, 11) is 3.28. The summed E-state index contributed by atoms with van der Waals surface area (Å²) in [5.74, 6) is 0.339. The molecule has 1 fully saturated rings. The molecule has 1 rings (SSSR count). The molecule has 1 aliphatic carbocycles. The van der Waals surface area contributed by atoms with Crippen LogP contribution in [0.15, 0.2) is 0 Å². The highest BCUT2D eigenvalue weighted by Gasteiger charge is 2.30. The van der Waals surface area contributed by atoms with Crippen molar-refractivity contribution in [3.8, 4) is 0 Å². The minimum absolute atomic E-state index is 0.144. The summed E-state index contributed by atoms with van der Waals surface area (Å²) in [5, 5.41) is 2.61. The molecular weight excluding hydrogens is 198 g/mol. The third kappa shape index (κ3) is 3.65. The van der Waals surface area contributed by atoms with Crippen molar-refractivity contribution < 1.29 is 14.3 Å². The molecule has 0 bridgehead atoms. The molecule has 0 spiro atoms. The Hall–Kier alpha value is -1.46. The molecule has 0 radical (unpaired) electrons. The van der Waals surface area contributed by atoms with E-state index in [1.165, 1.54) is 4.90 Å². The van der Waals surface area contributed by atoms with E-state index in [-0.39, 0.29) is 12.1 Å². The maximum Gasteiger partial charge on any atom is 0.409 e. The molecule has 0 aromatic carbocycles. The molecule has 15 heavy (non-hydrogen) atoms. The molecule has 0 saturated heterocycles. The van der Waals surface area contributed by atoms with E-state index in [9.17, 15) is 9.59 Å². The van der Waals surface area contributed by atoms with Crippen molar-refractivity contribution in [1.29, 1.82) is 0 Å². The Morgan fingerprint density at radius 1 is 1.47 bits per heavy atom. The average molecular weight is 215 g/mol. The molecule has 3 N–H and O–H groups in total. The summed E-state index contributed by atoms with van der Waals surface area (Å²) in [5.41, 5.74) is 4.97. The molecule has 0 aromatic heterocycles. The van der Waals surface area contributed by atoms with Gasteiger partial charge in [0.1, 0.15) is 0 Å². The van der Waals surface area contributed by atoms with Crippen molar-refractivity contribution in [2.45, 2.75) is 18.9 Å². The Kier molecular flexibility index (Phi) is 3.76. The topological polar surface area (TPSA) is 84.7 Å². The van der Waals surface area contributed by atoms with Crippen molar-refractivity contribution in [3.63, 3.8) is 0 Å². The molecule has 6 nitrogen and oxygen atoms in total. The lowest BCUT2D eigenvalue weighted by atomic mass is 9.81. The van der Waals surface area contributed by atoms with Crippen LogP contribution in [0.25, 0.3) is 0 Å². The van der Waals surface area contributed by atoms with Crippen LogP contribution in [0, 0.1) is 5.92 Å². The fourth-order valence-electron chi connectivity index (χ4n) is 1.51. The van der Waals surface area contributed by atoms with Crippen LogP contribution in [-0.4, -0.2) is 43.8 Å². The Morgan fingerprint density at radius 3 is 2.53 bits per heavy atom. The van der Waals surface area contributed by atoms with E-state index in [1.54, 1.807) is 14.1 Å².